The van der Waals surface area contributed by atoms with Crippen LogP contribution in [-0.4, -0.2) is 33.1 Å². The van der Waals surface area contributed by atoms with Gasteiger partial charge in [-0.2, -0.15) is 0 Å². The van der Waals surface area contributed by atoms with E-state index in [1.165, 1.54) is 29.2 Å². The number of imidazole rings is 1. The van der Waals surface area contributed by atoms with E-state index in [-0.39, 0.29) is 23.9 Å². The van der Waals surface area contributed by atoms with E-state index < -0.39 is 10.8 Å². The number of fused-ring (bicyclic) bond motifs is 1. The second-order valence-electron chi connectivity index (χ2n) is 7.25. The van der Waals surface area contributed by atoms with Crippen molar-refractivity contribution in [1.82, 2.24) is 14.9 Å². The van der Waals surface area contributed by atoms with Crippen molar-refractivity contribution in [3.63, 3.8) is 0 Å². The Morgan fingerprint density at radius 2 is 2.23 bits per heavy atom. The van der Waals surface area contributed by atoms with Gasteiger partial charge in [-0.3, -0.25) is 14.9 Å². The fourth-order valence-corrected chi connectivity index (χ4v) is 3.62. The lowest BCUT2D eigenvalue weighted by molar-refractivity contribution is -0.384. The number of nitrogens with one attached hydrogen (secondary N) is 1. The summed E-state index contributed by atoms with van der Waals surface area (Å²) in [5.74, 6) is 1.07. The number of nitro benzene ring substituents is 1. The first-order valence-corrected chi connectivity index (χ1v) is 9.96. The zero-order valence-corrected chi connectivity index (χ0v) is 17.2. The van der Waals surface area contributed by atoms with Crippen LogP contribution in [0.5, 0.6) is 11.5 Å². The van der Waals surface area contributed by atoms with Crippen molar-refractivity contribution >= 4 is 11.6 Å². The summed E-state index contributed by atoms with van der Waals surface area (Å²) in [7, 11) is 0. The fraction of sp³-hybridized carbons (Fsp3) is 0.273. The molecule has 1 atom stereocenters. The number of ether oxygens (including phenoxy) is 2. The van der Waals surface area contributed by atoms with Gasteiger partial charge in [-0.05, 0) is 38.1 Å². The highest BCUT2D eigenvalue weighted by Gasteiger charge is 2.23. The highest BCUT2D eigenvalue weighted by Crippen LogP contribution is 2.35. The maximum atomic E-state index is 12.7. The molecule has 1 aliphatic heterocycles. The minimum absolute atomic E-state index is 0.101. The summed E-state index contributed by atoms with van der Waals surface area (Å²) >= 11 is 0. The number of benzene rings is 2. The summed E-state index contributed by atoms with van der Waals surface area (Å²) in [6.45, 7) is 4.60. The van der Waals surface area contributed by atoms with Crippen LogP contribution in [0.3, 0.4) is 0 Å². The number of carbonyl (C=O) groups is 1. The summed E-state index contributed by atoms with van der Waals surface area (Å²) in [5.41, 5.74) is 2.21. The van der Waals surface area contributed by atoms with Crippen LogP contribution >= 0.6 is 0 Å². The van der Waals surface area contributed by atoms with E-state index in [2.05, 4.69) is 10.3 Å². The SMILES string of the molecule is CCOc1cc2c(cc1CNC(=O)c1ccc(-n3ccnc3)c([N+](=O)[O-])c1)OC(C)C2. The van der Waals surface area contributed by atoms with Crippen LogP contribution in [0.25, 0.3) is 5.69 Å². The van der Waals surface area contributed by atoms with Crippen LogP contribution < -0.4 is 14.8 Å². The molecule has 0 aliphatic carbocycles. The third-order valence-electron chi connectivity index (χ3n) is 5.04. The number of carbonyl (C=O) groups excluding carboxylic acids is 1. The van der Waals surface area contributed by atoms with Crippen LogP contribution in [0, 0.1) is 10.1 Å². The van der Waals surface area contributed by atoms with Gasteiger partial charge < -0.3 is 19.4 Å². The summed E-state index contributed by atoms with van der Waals surface area (Å²) in [6.07, 6.45) is 5.52. The standard InChI is InChI=1S/C22H22N4O5/c1-3-30-20-10-16-8-14(2)31-21(16)11-17(20)12-24-22(27)15-4-5-18(19(9-15)26(28)29)25-7-6-23-13-25/h4-7,9-11,13-14H,3,8,12H2,1-2H3,(H,24,27). The molecule has 0 bridgehead atoms. The molecule has 9 heteroatoms. The number of aromatic nitrogens is 2. The molecule has 3 aromatic rings. The second kappa shape index (κ2) is 8.47. The van der Waals surface area contributed by atoms with Crippen molar-refractivity contribution in [2.24, 2.45) is 0 Å². The molecule has 1 N–H and O–H groups in total. The van der Waals surface area contributed by atoms with Crippen LogP contribution in [0.15, 0.2) is 49.1 Å². The monoisotopic (exact) mass is 422 g/mol. The van der Waals surface area contributed by atoms with Gasteiger partial charge in [0.25, 0.3) is 11.6 Å². The van der Waals surface area contributed by atoms with Gasteiger partial charge in [0, 0.05) is 48.1 Å². The molecule has 31 heavy (non-hydrogen) atoms. The Bertz CT molecular complexity index is 1130. The lowest BCUT2D eigenvalue weighted by Gasteiger charge is -2.13. The van der Waals surface area contributed by atoms with Crippen molar-refractivity contribution < 1.29 is 19.2 Å². The maximum absolute atomic E-state index is 12.7. The third-order valence-corrected chi connectivity index (χ3v) is 5.04. The van der Waals surface area contributed by atoms with Crippen molar-refractivity contribution in [3.05, 3.63) is 75.9 Å². The molecular weight excluding hydrogens is 400 g/mol. The Hall–Kier alpha value is -3.88. The molecule has 0 saturated carbocycles. The van der Waals surface area contributed by atoms with E-state index >= 15 is 0 Å². The Balaban J connectivity index is 1.55. The van der Waals surface area contributed by atoms with E-state index in [4.69, 9.17) is 9.47 Å². The third kappa shape index (κ3) is 4.20. The zero-order chi connectivity index (χ0) is 22.0. The molecule has 2 aromatic carbocycles. The van der Waals surface area contributed by atoms with E-state index in [9.17, 15) is 14.9 Å². The Kier molecular flexibility index (Phi) is 5.57. The summed E-state index contributed by atoms with van der Waals surface area (Å²) < 4.78 is 13.1. The highest BCUT2D eigenvalue weighted by atomic mass is 16.6. The molecule has 4 rings (SSSR count). The minimum atomic E-state index is -0.516. The topological polar surface area (TPSA) is 109 Å². The van der Waals surface area contributed by atoms with Gasteiger partial charge in [0.2, 0.25) is 0 Å². The van der Waals surface area contributed by atoms with Gasteiger partial charge in [-0.1, -0.05) is 0 Å². The van der Waals surface area contributed by atoms with Crippen LogP contribution in [0.1, 0.15) is 35.3 Å². The molecule has 1 aromatic heterocycles. The largest absolute Gasteiger partial charge is 0.494 e. The summed E-state index contributed by atoms with van der Waals surface area (Å²) in [5, 5.41) is 14.4. The summed E-state index contributed by atoms with van der Waals surface area (Å²) in [4.78, 5) is 27.6. The molecule has 1 amide bonds. The van der Waals surface area contributed by atoms with Crippen molar-refractivity contribution in [3.8, 4) is 17.2 Å². The lowest BCUT2D eigenvalue weighted by Crippen LogP contribution is -2.23. The lowest BCUT2D eigenvalue weighted by atomic mass is 10.1. The molecule has 0 radical (unpaired) electrons. The van der Waals surface area contributed by atoms with Gasteiger partial charge in [0.1, 0.15) is 23.3 Å². The minimum Gasteiger partial charge on any atom is -0.494 e. The highest BCUT2D eigenvalue weighted by molar-refractivity contribution is 5.95. The number of nitrogens with zero attached hydrogens (tertiary/aromatic N) is 3. The number of hydrogen-bond donors (Lipinski definition) is 1. The van der Waals surface area contributed by atoms with Crippen molar-refractivity contribution in [2.45, 2.75) is 32.9 Å². The number of nitro groups is 1. The second-order valence-corrected chi connectivity index (χ2v) is 7.25. The van der Waals surface area contributed by atoms with Gasteiger partial charge in [0.05, 0.1) is 17.9 Å². The zero-order valence-electron chi connectivity index (χ0n) is 17.2. The smallest absolute Gasteiger partial charge is 0.294 e. The number of rotatable bonds is 7. The Labute approximate surface area is 178 Å². The van der Waals surface area contributed by atoms with Crippen LogP contribution in [0.4, 0.5) is 5.69 Å². The molecule has 2 heterocycles. The average molecular weight is 422 g/mol. The molecule has 1 aliphatic rings. The summed E-state index contributed by atoms with van der Waals surface area (Å²) in [6, 6.07) is 8.18. The molecule has 0 spiro atoms. The number of amides is 1. The van der Waals surface area contributed by atoms with E-state index in [1.807, 2.05) is 26.0 Å². The fourth-order valence-electron chi connectivity index (χ4n) is 3.62. The first-order valence-electron chi connectivity index (χ1n) is 9.96. The van der Waals surface area contributed by atoms with Gasteiger partial charge in [-0.15, -0.1) is 0 Å². The maximum Gasteiger partial charge on any atom is 0.294 e. The molecule has 0 saturated heterocycles. The Morgan fingerprint density at radius 1 is 1.39 bits per heavy atom. The van der Waals surface area contributed by atoms with Gasteiger partial charge in [-0.25, -0.2) is 4.98 Å². The first-order chi connectivity index (χ1) is 15.0. The predicted octanol–water partition coefficient (Wildman–Crippen LogP) is 3.43. The quantitative estimate of drug-likeness (QED) is 0.462. The Morgan fingerprint density at radius 3 is 2.94 bits per heavy atom. The normalized spacial score (nSPS) is 14.6. The van der Waals surface area contributed by atoms with E-state index in [1.54, 1.807) is 12.3 Å². The van der Waals surface area contributed by atoms with Crippen molar-refractivity contribution in [1.29, 1.82) is 0 Å². The first kappa shape index (κ1) is 20.4. The van der Waals surface area contributed by atoms with Crippen LogP contribution in [-0.2, 0) is 13.0 Å². The average Bonchev–Trinajstić information content (AvgIpc) is 3.40. The van der Waals surface area contributed by atoms with Crippen LogP contribution in [0.2, 0.25) is 0 Å². The molecular formula is C22H22N4O5. The molecule has 160 valence electrons. The molecule has 9 nitrogen and oxygen atoms in total. The molecule has 0 fully saturated rings. The van der Waals surface area contributed by atoms with E-state index in [0.29, 0.717) is 18.0 Å². The number of hydrogen-bond acceptors (Lipinski definition) is 6. The van der Waals surface area contributed by atoms with Crippen molar-refractivity contribution in [2.75, 3.05) is 6.61 Å². The predicted molar refractivity (Wildman–Crippen MR) is 113 cm³/mol. The van der Waals surface area contributed by atoms with Gasteiger partial charge >= 0.3 is 0 Å². The van der Waals surface area contributed by atoms with Gasteiger partial charge in [0.15, 0.2) is 0 Å². The van der Waals surface area contributed by atoms with E-state index in [0.717, 1.165) is 23.3 Å². The molecule has 1 unspecified atom stereocenters.